The second-order valence-electron chi connectivity index (χ2n) is 6.39. The fourth-order valence-electron chi connectivity index (χ4n) is 2.77. The van der Waals surface area contributed by atoms with E-state index in [1.54, 1.807) is 31.6 Å². The topological polar surface area (TPSA) is 91.5 Å². The third kappa shape index (κ3) is 7.51. The van der Waals surface area contributed by atoms with Crippen LogP contribution in [0.3, 0.4) is 0 Å². The number of carbonyl (C=O) groups excluding carboxylic acids is 1. The highest BCUT2D eigenvalue weighted by Gasteiger charge is 2.07. The first-order valence-corrected chi connectivity index (χ1v) is 9.48. The standard InChI is InChI=1S/C22H25N5O2.HI/c1-23-22(25-12-10-19-8-2-3-11-24-19)27-15-17-6-4-7-18(14-17)21(28)26-16-20-9-5-13-29-20;/h2-9,11,13-14H,10,12,15-16H2,1H3,(H,26,28)(H2,23,25,27);1H. The molecule has 2 heterocycles. The van der Waals surface area contributed by atoms with Gasteiger partial charge < -0.3 is 20.4 Å². The summed E-state index contributed by atoms with van der Waals surface area (Å²) in [5.74, 6) is 1.28. The number of halogens is 1. The van der Waals surface area contributed by atoms with Crippen LogP contribution in [0, 0.1) is 0 Å². The molecule has 1 amide bonds. The largest absolute Gasteiger partial charge is 0.467 e. The molecule has 7 nitrogen and oxygen atoms in total. The lowest BCUT2D eigenvalue weighted by Crippen LogP contribution is -2.38. The summed E-state index contributed by atoms with van der Waals surface area (Å²) in [5.41, 5.74) is 2.63. The van der Waals surface area contributed by atoms with Gasteiger partial charge >= 0.3 is 0 Å². The molecule has 0 radical (unpaired) electrons. The van der Waals surface area contributed by atoms with E-state index in [0.29, 0.717) is 24.6 Å². The molecule has 0 fully saturated rings. The third-order valence-corrected chi connectivity index (χ3v) is 4.28. The van der Waals surface area contributed by atoms with Crippen molar-refractivity contribution in [1.29, 1.82) is 0 Å². The first kappa shape index (κ1) is 23.4. The number of furan rings is 1. The predicted octanol–water partition coefficient (Wildman–Crippen LogP) is 3.13. The maximum atomic E-state index is 12.3. The van der Waals surface area contributed by atoms with Crippen LogP contribution in [0.25, 0.3) is 0 Å². The van der Waals surface area contributed by atoms with Crippen LogP contribution in [-0.2, 0) is 19.5 Å². The number of rotatable bonds is 8. The molecule has 3 aromatic rings. The van der Waals surface area contributed by atoms with E-state index < -0.39 is 0 Å². The maximum Gasteiger partial charge on any atom is 0.251 e. The summed E-state index contributed by atoms with van der Waals surface area (Å²) in [6.07, 6.45) is 4.19. The molecule has 0 saturated carbocycles. The number of benzene rings is 1. The summed E-state index contributed by atoms with van der Waals surface area (Å²) in [4.78, 5) is 20.9. The molecular weight excluding hydrogens is 493 g/mol. The molecular formula is C22H26IN5O2. The molecule has 0 unspecified atom stereocenters. The van der Waals surface area contributed by atoms with Crippen molar-refractivity contribution in [3.8, 4) is 0 Å². The zero-order valence-corrected chi connectivity index (χ0v) is 19.1. The van der Waals surface area contributed by atoms with Gasteiger partial charge in [0.2, 0.25) is 0 Å². The summed E-state index contributed by atoms with van der Waals surface area (Å²) in [6.45, 7) is 1.65. The maximum absolute atomic E-state index is 12.3. The summed E-state index contributed by atoms with van der Waals surface area (Å²) in [5, 5.41) is 9.39. The monoisotopic (exact) mass is 519 g/mol. The van der Waals surface area contributed by atoms with Crippen molar-refractivity contribution in [1.82, 2.24) is 20.9 Å². The van der Waals surface area contributed by atoms with E-state index in [-0.39, 0.29) is 29.9 Å². The van der Waals surface area contributed by atoms with Crippen molar-refractivity contribution in [2.24, 2.45) is 4.99 Å². The number of pyridine rings is 1. The fourth-order valence-corrected chi connectivity index (χ4v) is 2.77. The average molecular weight is 519 g/mol. The fraction of sp³-hybridized carbons (Fsp3) is 0.227. The van der Waals surface area contributed by atoms with Gasteiger partial charge in [-0.3, -0.25) is 14.8 Å². The number of nitrogens with zero attached hydrogens (tertiary/aromatic N) is 2. The molecule has 1 aromatic carbocycles. The summed E-state index contributed by atoms with van der Waals surface area (Å²) in [7, 11) is 1.73. The highest BCUT2D eigenvalue weighted by molar-refractivity contribution is 14.0. The Kier molecular flexibility index (Phi) is 9.85. The van der Waals surface area contributed by atoms with Crippen molar-refractivity contribution in [2.75, 3.05) is 13.6 Å². The Balaban J connectivity index is 0.00000320. The van der Waals surface area contributed by atoms with Crippen molar-refractivity contribution in [3.05, 3.63) is 89.6 Å². The molecule has 0 aliphatic carbocycles. The number of nitrogens with one attached hydrogen (secondary N) is 3. The van der Waals surface area contributed by atoms with Gasteiger partial charge in [0.25, 0.3) is 5.91 Å². The molecule has 0 saturated heterocycles. The van der Waals surface area contributed by atoms with Crippen LogP contribution in [0.5, 0.6) is 0 Å². The van der Waals surface area contributed by atoms with Gasteiger partial charge in [0.15, 0.2) is 5.96 Å². The average Bonchev–Trinajstić information content (AvgIpc) is 3.29. The Labute approximate surface area is 193 Å². The van der Waals surface area contributed by atoms with E-state index in [1.807, 2.05) is 42.5 Å². The van der Waals surface area contributed by atoms with Gasteiger partial charge in [-0.2, -0.15) is 0 Å². The normalized spacial score (nSPS) is 10.8. The van der Waals surface area contributed by atoms with Crippen LogP contribution in [0.4, 0.5) is 0 Å². The number of aliphatic imine (C=N–C) groups is 1. The van der Waals surface area contributed by atoms with Crippen LogP contribution in [0.1, 0.15) is 27.4 Å². The Morgan fingerprint density at radius 3 is 2.67 bits per heavy atom. The quantitative estimate of drug-likeness (QED) is 0.242. The van der Waals surface area contributed by atoms with Crippen molar-refractivity contribution >= 4 is 35.8 Å². The van der Waals surface area contributed by atoms with Crippen LogP contribution in [-0.4, -0.2) is 30.4 Å². The Morgan fingerprint density at radius 2 is 1.93 bits per heavy atom. The summed E-state index contributed by atoms with van der Waals surface area (Å²) < 4.78 is 5.23. The molecule has 3 N–H and O–H groups in total. The molecule has 158 valence electrons. The number of guanidine groups is 1. The minimum atomic E-state index is -0.138. The second kappa shape index (κ2) is 12.6. The van der Waals surface area contributed by atoms with Gasteiger partial charge in [0.05, 0.1) is 12.8 Å². The Bertz CT molecular complexity index is 930. The second-order valence-corrected chi connectivity index (χ2v) is 6.39. The van der Waals surface area contributed by atoms with E-state index in [0.717, 1.165) is 30.0 Å². The number of carbonyl (C=O) groups is 1. The SMILES string of the molecule is CN=C(NCCc1ccccn1)NCc1cccc(C(=O)NCc2ccco2)c1.I. The summed E-state index contributed by atoms with van der Waals surface area (Å²) >= 11 is 0. The van der Waals surface area contributed by atoms with E-state index in [4.69, 9.17) is 4.42 Å². The van der Waals surface area contributed by atoms with E-state index in [2.05, 4.69) is 25.9 Å². The van der Waals surface area contributed by atoms with Gasteiger partial charge in [0.1, 0.15) is 5.76 Å². The Hall–Kier alpha value is -2.88. The predicted molar refractivity (Wildman–Crippen MR) is 128 cm³/mol. The third-order valence-electron chi connectivity index (χ3n) is 4.28. The number of aromatic nitrogens is 1. The smallest absolute Gasteiger partial charge is 0.251 e. The van der Waals surface area contributed by atoms with Crippen molar-refractivity contribution in [3.63, 3.8) is 0 Å². The van der Waals surface area contributed by atoms with Gasteiger partial charge in [-0.25, -0.2) is 0 Å². The molecule has 30 heavy (non-hydrogen) atoms. The van der Waals surface area contributed by atoms with Crippen molar-refractivity contribution in [2.45, 2.75) is 19.5 Å². The molecule has 0 aliphatic heterocycles. The van der Waals surface area contributed by atoms with Crippen LogP contribution in [0.2, 0.25) is 0 Å². The number of hydrogen-bond acceptors (Lipinski definition) is 4. The van der Waals surface area contributed by atoms with Gasteiger partial charge in [-0.15, -0.1) is 24.0 Å². The lowest BCUT2D eigenvalue weighted by atomic mass is 10.1. The summed E-state index contributed by atoms with van der Waals surface area (Å²) in [6, 6.07) is 17.0. The van der Waals surface area contributed by atoms with E-state index in [1.165, 1.54) is 0 Å². The molecule has 0 spiro atoms. The van der Waals surface area contributed by atoms with Gasteiger partial charge in [-0.05, 0) is 42.0 Å². The molecule has 8 heteroatoms. The highest BCUT2D eigenvalue weighted by Crippen LogP contribution is 2.06. The van der Waals surface area contributed by atoms with Crippen LogP contribution >= 0.6 is 24.0 Å². The zero-order chi connectivity index (χ0) is 20.3. The van der Waals surface area contributed by atoms with Crippen LogP contribution < -0.4 is 16.0 Å². The van der Waals surface area contributed by atoms with Crippen LogP contribution in [0.15, 0.2) is 76.5 Å². The lowest BCUT2D eigenvalue weighted by molar-refractivity contribution is 0.0948. The first-order valence-electron chi connectivity index (χ1n) is 9.48. The molecule has 3 rings (SSSR count). The van der Waals surface area contributed by atoms with E-state index in [9.17, 15) is 4.79 Å². The van der Waals surface area contributed by atoms with Gasteiger partial charge in [0, 0.05) is 44.0 Å². The Morgan fingerprint density at radius 1 is 1.03 bits per heavy atom. The highest BCUT2D eigenvalue weighted by atomic mass is 127. The molecule has 2 aromatic heterocycles. The van der Waals surface area contributed by atoms with Gasteiger partial charge in [-0.1, -0.05) is 18.2 Å². The zero-order valence-electron chi connectivity index (χ0n) is 16.8. The molecule has 0 aliphatic rings. The van der Waals surface area contributed by atoms with E-state index >= 15 is 0 Å². The first-order chi connectivity index (χ1) is 14.2. The number of hydrogen-bond donors (Lipinski definition) is 3. The molecule has 0 bridgehead atoms. The number of amides is 1. The minimum Gasteiger partial charge on any atom is -0.467 e. The lowest BCUT2D eigenvalue weighted by Gasteiger charge is -2.12. The molecule has 0 atom stereocenters. The minimum absolute atomic E-state index is 0. The van der Waals surface area contributed by atoms with Crippen molar-refractivity contribution < 1.29 is 9.21 Å².